The molecule has 0 unspecified atom stereocenters. The Labute approximate surface area is 344 Å². The lowest BCUT2D eigenvalue weighted by atomic mass is 9.67. The molecule has 1 heterocycles. The standard InChI is InChI=1S/C56H37N3/c1-5-18-40(19-6-1)53-57-54(41-20-7-2-8-21-41)59-55(58-53)42-31-29-39(30-32-42)52-46-26-14-13-17-38(46)33-35-47(52)43-34-36-49-48-27-15-16-28-50(48)56(51(49)37-43,44-22-9-3-10-23-44)45-24-11-4-12-25-45/h1-37H. The number of fused-ring (bicyclic) bond motifs is 4. The van der Waals surface area contributed by atoms with E-state index in [1.54, 1.807) is 0 Å². The van der Waals surface area contributed by atoms with Gasteiger partial charge in [-0.05, 0) is 72.5 Å². The molecule has 0 N–H and O–H groups in total. The fourth-order valence-electron chi connectivity index (χ4n) is 9.16. The van der Waals surface area contributed by atoms with Crippen LogP contribution in [0.3, 0.4) is 0 Å². The number of aromatic nitrogens is 3. The molecule has 3 heteroatoms. The molecular formula is C56H37N3. The molecule has 0 fully saturated rings. The van der Waals surface area contributed by atoms with E-state index < -0.39 is 5.41 Å². The van der Waals surface area contributed by atoms with Crippen LogP contribution in [0.25, 0.3) is 78.3 Å². The molecule has 10 aromatic rings. The van der Waals surface area contributed by atoms with Crippen molar-refractivity contribution in [2.24, 2.45) is 0 Å². The van der Waals surface area contributed by atoms with Crippen molar-refractivity contribution in [1.29, 1.82) is 0 Å². The molecule has 1 aliphatic carbocycles. The molecule has 1 aromatic heterocycles. The van der Waals surface area contributed by atoms with Crippen LogP contribution in [0.4, 0.5) is 0 Å². The molecule has 0 bridgehead atoms. The lowest BCUT2D eigenvalue weighted by Gasteiger charge is -2.34. The third-order valence-electron chi connectivity index (χ3n) is 11.8. The quantitative estimate of drug-likeness (QED) is 0.163. The molecule has 0 amide bonds. The first-order chi connectivity index (χ1) is 29.3. The summed E-state index contributed by atoms with van der Waals surface area (Å²) in [6.07, 6.45) is 0. The average molecular weight is 752 g/mol. The summed E-state index contributed by atoms with van der Waals surface area (Å²) < 4.78 is 0. The van der Waals surface area contributed by atoms with Crippen molar-refractivity contribution < 1.29 is 0 Å². The largest absolute Gasteiger partial charge is 0.208 e. The van der Waals surface area contributed by atoms with Gasteiger partial charge in [0.25, 0.3) is 0 Å². The maximum atomic E-state index is 5.01. The van der Waals surface area contributed by atoms with E-state index in [1.165, 1.54) is 60.8 Å². The van der Waals surface area contributed by atoms with E-state index in [9.17, 15) is 0 Å². The van der Waals surface area contributed by atoms with Crippen molar-refractivity contribution in [3.05, 3.63) is 247 Å². The molecule has 0 spiro atoms. The van der Waals surface area contributed by atoms with Gasteiger partial charge in [-0.2, -0.15) is 0 Å². The van der Waals surface area contributed by atoms with Gasteiger partial charge >= 0.3 is 0 Å². The Morgan fingerprint density at radius 2 is 0.729 bits per heavy atom. The number of hydrogen-bond donors (Lipinski definition) is 0. The van der Waals surface area contributed by atoms with Crippen LogP contribution in [0.15, 0.2) is 224 Å². The van der Waals surface area contributed by atoms with Crippen LogP contribution < -0.4 is 0 Å². The molecule has 0 aliphatic heterocycles. The highest BCUT2D eigenvalue weighted by atomic mass is 15.0. The SMILES string of the molecule is c1ccc(-c2nc(-c3ccccc3)nc(-c3ccc(-c4c(-c5ccc6c(c5)C(c5ccccc5)(c5ccccc5)c5ccccc5-6)ccc5ccccc45)cc3)n2)cc1. The zero-order chi connectivity index (χ0) is 39.2. The van der Waals surface area contributed by atoms with Crippen LogP contribution in [0, 0.1) is 0 Å². The Morgan fingerprint density at radius 3 is 1.34 bits per heavy atom. The van der Waals surface area contributed by atoms with Crippen LogP contribution in [-0.4, -0.2) is 15.0 Å². The smallest absolute Gasteiger partial charge is 0.164 e. The van der Waals surface area contributed by atoms with Crippen LogP contribution in [0.2, 0.25) is 0 Å². The average Bonchev–Trinajstić information content (AvgIpc) is 3.62. The molecule has 0 atom stereocenters. The Kier molecular flexibility index (Phi) is 8.37. The second-order valence-electron chi connectivity index (χ2n) is 15.1. The number of hydrogen-bond acceptors (Lipinski definition) is 3. The summed E-state index contributed by atoms with van der Waals surface area (Å²) in [4.78, 5) is 14.9. The van der Waals surface area contributed by atoms with Gasteiger partial charge in [-0.3, -0.25) is 0 Å². The molecule has 3 nitrogen and oxygen atoms in total. The highest BCUT2D eigenvalue weighted by Gasteiger charge is 2.46. The van der Waals surface area contributed by atoms with E-state index in [0.29, 0.717) is 17.5 Å². The minimum Gasteiger partial charge on any atom is -0.208 e. The van der Waals surface area contributed by atoms with Crippen molar-refractivity contribution in [2.45, 2.75) is 5.41 Å². The summed E-state index contributed by atoms with van der Waals surface area (Å²) in [5, 5.41) is 2.40. The molecule has 0 saturated heterocycles. The van der Waals surface area contributed by atoms with Crippen molar-refractivity contribution in [3.8, 4) is 67.5 Å². The summed E-state index contributed by atoms with van der Waals surface area (Å²) in [6, 6.07) is 80.3. The summed E-state index contributed by atoms with van der Waals surface area (Å²) in [7, 11) is 0. The third-order valence-corrected chi connectivity index (χ3v) is 11.8. The predicted molar refractivity (Wildman–Crippen MR) is 242 cm³/mol. The first-order valence-electron chi connectivity index (χ1n) is 20.1. The zero-order valence-corrected chi connectivity index (χ0v) is 32.2. The second kappa shape index (κ2) is 14.3. The number of rotatable bonds is 7. The number of benzene rings is 9. The van der Waals surface area contributed by atoms with Gasteiger partial charge in [-0.25, -0.2) is 15.0 Å². The molecular weight excluding hydrogens is 715 g/mol. The van der Waals surface area contributed by atoms with E-state index in [2.05, 4.69) is 164 Å². The van der Waals surface area contributed by atoms with Gasteiger partial charge in [0, 0.05) is 16.7 Å². The fourth-order valence-corrected chi connectivity index (χ4v) is 9.16. The fraction of sp³-hybridized carbons (Fsp3) is 0.0179. The lowest BCUT2D eigenvalue weighted by Crippen LogP contribution is -2.28. The number of nitrogens with zero attached hydrogens (tertiary/aromatic N) is 3. The van der Waals surface area contributed by atoms with Gasteiger partial charge in [-0.15, -0.1) is 0 Å². The van der Waals surface area contributed by atoms with Crippen molar-refractivity contribution >= 4 is 10.8 Å². The van der Waals surface area contributed by atoms with Gasteiger partial charge < -0.3 is 0 Å². The Bertz CT molecular complexity index is 3030. The summed E-state index contributed by atoms with van der Waals surface area (Å²) >= 11 is 0. The molecule has 0 radical (unpaired) electrons. The summed E-state index contributed by atoms with van der Waals surface area (Å²) in [5.74, 6) is 1.94. The third kappa shape index (κ3) is 5.78. The lowest BCUT2D eigenvalue weighted by molar-refractivity contribution is 0.769. The minimum atomic E-state index is -0.481. The van der Waals surface area contributed by atoms with Crippen LogP contribution >= 0.6 is 0 Å². The van der Waals surface area contributed by atoms with E-state index in [1.807, 2.05) is 60.7 Å². The highest BCUT2D eigenvalue weighted by molar-refractivity contribution is 6.05. The van der Waals surface area contributed by atoms with Crippen molar-refractivity contribution in [3.63, 3.8) is 0 Å². The molecule has 59 heavy (non-hydrogen) atoms. The topological polar surface area (TPSA) is 38.7 Å². The molecule has 9 aromatic carbocycles. The Morgan fingerprint density at radius 1 is 0.288 bits per heavy atom. The summed E-state index contributed by atoms with van der Waals surface area (Å²) in [6.45, 7) is 0. The predicted octanol–water partition coefficient (Wildman–Crippen LogP) is 13.7. The minimum absolute atomic E-state index is 0.481. The molecule has 0 saturated carbocycles. The van der Waals surface area contributed by atoms with Gasteiger partial charge in [0.1, 0.15) is 0 Å². The van der Waals surface area contributed by atoms with Crippen molar-refractivity contribution in [2.75, 3.05) is 0 Å². The highest BCUT2D eigenvalue weighted by Crippen LogP contribution is 2.57. The van der Waals surface area contributed by atoms with Gasteiger partial charge in [0.05, 0.1) is 5.41 Å². The monoisotopic (exact) mass is 751 g/mol. The van der Waals surface area contributed by atoms with Crippen LogP contribution in [0.5, 0.6) is 0 Å². The van der Waals surface area contributed by atoms with E-state index in [4.69, 9.17) is 15.0 Å². The van der Waals surface area contributed by atoms with Gasteiger partial charge in [0.2, 0.25) is 0 Å². The molecule has 1 aliphatic rings. The summed E-state index contributed by atoms with van der Waals surface area (Å²) in [5.41, 5.74) is 14.7. The Balaban J connectivity index is 1.08. The van der Waals surface area contributed by atoms with Crippen LogP contribution in [0.1, 0.15) is 22.3 Å². The van der Waals surface area contributed by atoms with E-state index in [-0.39, 0.29) is 0 Å². The zero-order valence-electron chi connectivity index (χ0n) is 32.2. The maximum absolute atomic E-state index is 5.01. The van der Waals surface area contributed by atoms with Gasteiger partial charge in [0.15, 0.2) is 17.5 Å². The van der Waals surface area contributed by atoms with E-state index >= 15 is 0 Å². The molecule has 11 rings (SSSR count). The van der Waals surface area contributed by atoms with Crippen molar-refractivity contribution in [1.82, 2.24) is 15.0 Å². The molecule has 276 valence electrons. The normalized spacial score (nSPS) is 12.5. The Hall–Kier alpha value is -7.75. The second-order valence-corrected chi connectivity index (χ2v) is 15.1. The van der Waals surface area contributed by atoms with E-state index in [0.717, 1.165) is 22.3 Å². The van der Waals surface area contributed by atoms with Crippen LogP contribution in [-0.2, 0) is 5.41 Å². The van der Waals surface area contributed by atoms with Gasteiger partial charge in [-0.1, -0.05) is 218 Å². The maximum Gasteiger partial charge on any atom is 0.164 e. The first-order valence-corrected chi connectivity index (χ1v) is 20.1. The first kappa shape index (κ1) is 34.5.